The number of benzene rings is 2. The number of rotatable bonds is 9. The lowest BCUT2D eigenvalue weighted by molar-refractivity contribution is -0.111. The van der Waals surface area contributed by atoms with Crippen molar-refractivity contribution in [3.05, 3.63) is 71.8 Å². The number of carbonyl (C=O) groups is 1. The molecule has 3 aromatic rings. The number of nitrogens with one attached hydrogen (secondary N) is 2. The van der Waals surface area contributed by atoms with E-state index in [0.717, 1.165) is 51.2 Å². The molecular weight excluding hydrogens is 613 g/mol. The highest BCUT2D eigenvalue weighted by Crippen LogP contribution is 2.42. The van der Waals surface area contributed by atoms with Crippen molar-refractivity contribution in [1.29, 1.82) is 0 Å². The second kappa shape index (κ2) is 13.0. The van der Waals surface area contributed by atoms with Crippen LogP contribution in [0.1, 0.15) is 37.3 Å². The quantitative estimate of drug-likeness (QED) is 0.290. The number of morpholine rings is 1. The van der Waals surface area contributed by atoms with Gasteiger partial charge in [-0.15, -0.1) is 0 Å². The number of methoxy groups -OCH3 is 1. The molecule has 2 bridgehead atoms. The van der Waals surface area contributed by atoms with E-state index in [1.165, 1.54) is 18.5 Å². The molecule has 3 atom stereocenters. The minimum Gasteiger partial charge on any atom is -0.494 e. The third-order valence-corrected chi connectivity index (χ3v) is 9.76. The van der Waals surface area contributed by atoms with Crippen LogP contribution in [0.25, 0.3) is 0 Å². The molecule has 11 nitrogen and oxygen atoms in total. The molecule has 2 aromatic carbocycles. The molecule has 0 aliphatic carbocycles. The van der Waals surface area contributed by atoms with E-state index in [1.54, 1.807) is 30.4 Å². The predicted octanol–water partition coefficient (Wildman–Crippen LogP) is 5.47. The van der Waals surface area contributed by atoms with Crippen LogP contribution >= 0.6 is 11.6 Å². The van der Waals surface area contributed by atoms with E-state index in [2.05, 4.69) is 37.0 Å². The average molecular weight is 650 g/mol. The fourth-order valence-corrected chi connectivity index (χ4v) is 7.38. The van der Waals surface area contributed by atoms with Crippen LogP contribution in [0.4, 0.5) is 33.1 Å². The van der Waals surface area contributed by atoms with E-state index < -0.39 is 5.82 Å². The number of carbonyl (C=O) groups excluding carboxylic acids is 1. The summed E-state index contributed by atoms with van der Waals surface area (Å²) in [5.41, 5.74) is 2.74. The van der Waals surface area contributed by atoms with Crippen molar-refractivity contribution < 1.29 is 23.5 Å². The molecule has 4 aliphatic heterocycles. The molecule has 1 amide bonds. The summed E-state index contributed by atoms with van der Waals surface area (Å²) in [6.07, 6.45) is 6.89. The van der Waals surface area contributed by atoms with E-state index >= 15 is 0 Å². The molecule has 4 aliphatic rings. The highest BCUT2D eigenvalue weighted by molar-refractivity contribution is 6.31. The summed E-state index contributed by atoms with van der Waals surface area (Å²) in [7, 11) is 1.61. The Kier molecular flexibility index (Phi) is 8.69. The molecule has 0 unspecified atom stereocenters. The number of aromatic nitrogens is 2. The number of likely N-dealkylation sites (tertiary alicyclic amines) is 1. The Morgan fingerprint density at radius 2 is 2.00 bits per heavy atom. The van der Waals surface area contributed by atoms with Crippen LogP contribution in [0.3, 0.4) is 0 Å². The van der Waals surface area contributed by atoms with Gasteiger partial charge < -0.3 is 25.0 Å². The lowest BCUT2D eigenvalue weighted by Crippen LogP contribution is -2.49. The topological polar surface area (TPSA) is 104 Å². The van der Waals surface area contributed by atoms with Crippen LogP contribution in [0.5, 0.6) is 5.75 Å². The van der Waals surface area contributed by atoms with Gasteiger partial charge in [-0.2, -0.15) is 0 Å². The third-order valence-electron chi connectivity index (χ3n) is 9.36. The fraction of sp³-hybridized carbons (Fsp3) is 0.424. The van der Waals surface area contributed by atoms with Crippen molar-refractivity contribution in [2.75, 3.05) is 60.6 Å². The van der Waals surface area contributed by atoms with E-state index in [0.29, 0.717) is 65.5 Å². The lowest BCUT2D eigenvalue weighted by Gasteiger charge is -2.41. The molecule has 7 rings (SSSR count). The van der Waals surface area contributed by atoms with Crippen molar-refractivity contribution in [2.24, 2.45) is 0 Å². The second-order valence-corrected chi connectivity index (χ2v) is 12.4. The minimum absolute atomic E-state index is 0.0659. The molecule has 5 heterocycles. The van der Waals surface area contributed by atoms with Gasteiger partial charge in [0.15, 0.2) is 5.82 Å². The largest absolute Gasteiger partial charge is 0.494 e. The van der Waals surface area contributed by atoms with Crippen LogP contribution in [0, 0.1) is 5.82 Å². The number of halogens is 2. The molecule has 4 saturated heterocycles. The second-order valence-electron chi connectivity index (χ2n) is 12.0. The normalized spacial score (nSPS) is 23.2. The summed E-state index contributed by atoms with van der Waals surface area (Å²) in [5, 5.41) is 8.01. The maximum absolute atomic E-state index is 14.3. The van der Waals surface area contributed by atoms with Gasteiger partial charge in [0.05, 0.1) is 54.6 Å². The van der Waals surface area contributed by atoms with Gasteiger partial charge in [0.2, 0.25) is 5.91 Å². The molecule has 0 radical (unpaired) electrons. The molecule has 4 fully saturated rings. The maximum atomic E-state index is 14.3. The zero-order chi connectivity index (χ0) is 31.8. The molecule has 13 heteroatoms. The Labute approximate surface area is 272 Å². The van der Waals surface area contributed by atoms with Crippen molar-refractivity contribution >= 4 is 46.2 Å². The number of nitrogens with zero attached hydrogens (tertiary/aromatic N) is 5. The summed E-state index contributed by atoms with van der Waals surface area (Å²) in [5.74, 6) is 0.754. The Balaban J connectivity index is 1.12. The summed E-state index contributed by atoms with van der Waals surface area (Å²) in [6, 6.07) is 11.0. The first-order valence-electron chi connectivity index (χ1n) is 15.6. The van der Waals surface area contributed by atoms with Crippen LogP contribution in [0.2, 0.25) is 5.02 Å². The van der Waals surface area contributed by atoms with Gasteiger partial charge in [0.1, 0.15) is 23.7 Å². The lowest BCUT2D eigenvalue weighted by atomic mass is 10.0. The van der Waals surface area contributed by atoms with Crippen LogP contribution in [-0.4, -0.2) is 78.9 Å². The highest BCUT2D eigenvalue weighted by Gasteiger charge is 2.43. The van der Waals surface area contributed by atoms with Gasteiger partial charge in [-0.25, -0.2) is 19.4 Å². The standard InChI is InChI=1S/C33H37ClFN7O4/c1-3-32(43)39-25-14-26(29(44-2)15-28(25)40-10-7-20(8-11-40)41-17-22-13-21(41)18-45-22)38-30-16-31(37-19-36-30)42-27(9-12-46-42)23-5-4-6-24(35)33(23)34/h3-6,14-16,19-22,27H,1,7-13,17-18H2,2H3,(H,39,43)(H,36,37,38)/t21-,22-,27+/m0/s1. The molecule has 0 spiro atoms. The van der Waals surface area contributed by atoms with E-state index in [1.807, 2.05) is 12.1 Å². The van der Waals surface area contributed by atoms with Gasteiger partial charge in [0, 0.05) is 50.3 Å². The summed E-state index contributed by atoms with van der Waals surface area (Å²) >= 11 is 6.32. The summed E-state index contributed by atoms with van der Waals surface area (Å²) < 4.78 is 25.9. The number of amides is 1. The van der Waals surface area contributed by atoms with E-state index in [9.17, 15) is 9.18 Å². The first kappa shape index (κ1) is 30.7. The number of hydroxylamine groups is 1. The Morgan fingerprint density at radius 1 is 1.15 bits per heavy atom. The first-order valence-corrected chi connectivity index (χ1v) is 16.0. The average Bonchev–Trinajstić information content (AvgIpc) is 3.85. The van der Waals surface area contributed by atoms with Gasteiger partial charge in [-0.3, -0.25) is 14.5 Å². The highest BCUT2D eigenvalue weighted by atomic mass is 35.5. The number of anilines is 5. The zero-order valence-electron chi connectivity index (χ0n) is 25.6. The van der Waals surface area contributed by atoms with Crippen molar-refractivity contribution in [3.63, 3.8) is 0 Å². The number of hydrogen-bond donors (Lipinski definition) is 2. The molecule has 0 saturated carbocycles. The fourth-order valence-electron chi connectivity index (χ4n) is 7.13. The smallest absolute Gasteiger partial charge is 0.247 e. The molecular formula is C33H37ClFN7O4. The Bertz CT molecular complexity index is 1620. The Hall–Kier alpha value is -3.97. The van der Waals surface area contributed by atoms with Gasteiger partial charge in [0.25, 0.3) is 0 Å². The number of ether oxygens (including phenoxy) is 2. The molecule has 1 aromatic heterocycles. The molecule has 2 N–H and O–H groups in total. The SMILES string of the molecule is C=CC(=O)Nc1cc(Nc2cc(N3OCC[C@@H]3c3cccc(F)c3Cl)ncn2)c(OC)cc1N1CCC(N2C[C@@H]3C[C@H]2CO3)CC1. The zero-order valence-corrected chi connectivity index (χ0v) is 26.4. The van der Waals surface area contributed by atoms with Crippen molar-refractivity contribution in [1.82, 2.24) is 14.9 Å². The summed E-state index contributed by atoms with van der Waals surface area (Å²) in [6.45, 7) is 7.64. The van der Waals surface area contributed by atoms with Crippen LogP contribution in [-0.2, 0) is 14.4 Å². The molecule has 46 heavy (non-hydrogen) atoms. The monoisotopic (exact) mass is 649 g/mol. The van der Waals surface area contributed by atoms with Crippen molar-refractivity contribution in [3.8, 4) is 5.75 Å². The van der Waals surface area contributed by atoms with Gasteiger partial charge >= 0.3 is 0 Å². The predicted molar refractivity (Wildman–Crippen MR) is 174 cm³/mol. The number of fused-ring (bicyclic) bond motifs is 2. The number of piperidine rings is 1. The van der Waals surface area contributed by atoms with E-state index in [-0.39, 0.29) is 17.0 Å². The first-order chi connectivity index (χ1) is 22.4. The van der Waals surface area contributed by atoms with Gasteiger partial charge in [-0.05, 0) is 43.0 Å². The minimum atomic E-state index is -0.483. The van der Waals surface area contributed by atoms with Crippen LogP contribution < -0.4 is 25.3 Å². The maximum Gasteiger partial charge on any atom is 0.247 e. The Morgan fingerprint density at radius 3 is 2.74 bits per heavy atom. The van der Waals surface area contributed by atoms with Gasteiger partial charge in [-0.1, -0.05) is 30.3 Å². The molecule has 242 valence electrons. The number of hydrogen-bond acceptors (Lipinski definition) is 10. The third kappa shape index (κ3) is 5.97. The van der Waals surface area contributed by atoms with E-state index in [4.69, 9.17) is 25.9 Å². The van der Waals surface area contributed by atoms with Crippen molar-refractivity contribution in [2.45, 2.75) is 49.9 Å². The van der Waals surface area contributed by atoms with Crippen LogP contribution in [0.15, 0.2) is 55.4 Å². The summed E-state index contributed by atoms with van der Waals surface area (Å²) in [4.78, 5) is 32.2.